The molecule has 2 aromatic rings. The standard InChI is InChI=1S/C14H15BrN2O3/c1-9-4-5-10(15)7-11(9)17-14(19)16-8-12(18)13-3-2-6-20-13/h2-7,12,18H,8H2,1H3,(H2,16,17,19). The number of urea groups is 1. The van der Waals surface area contributed by atoms with E-state index in [4.69, 9.17) is 4.42 Å². The number of carbonyl (C=O) groups is 1. The number of aliphatic hydroxyl groups is 1. The number of aliphatic hydroxyl groups excluding tert-OH is 1. The molecule has 3 N–H and O–H groups in total. The number of hydrogen-bond acceptors (Lipinski definition) is 3. The molecule has 0 aliphatic heterocycles. The summed E-state index contributed by atoms with van der Waals surface area (Å²) in [6.45, 7) is 1.98. The number of amides is 2. The van der Waals surface area contributed by atoms with E-state index in [1.807, 2.05) is 25.1 Å². The Labute approximate surface area is 125 Å². The molecule has 0 fully saturated rings. The number of aryl methyl sites for hydroxylation is 1. The van der Waals surface area contributed by atoms with Crippen molar-refractivity contribution in [3.8, 4) is 0 Å². The van der Waals surface area contributed by atoms with Crippen LogP contribution in [0.25, 0.3) is 0 Å². The van der Waals surface area contributed by atoms with E-state index in [-0.39, 0.29) is 12.6 Å². The van der Waals surface area contributed by atoms with Gasteiger partial charge >= 0.3 is 6.03 Å². The Kier molecular flexibility index (Phi) is 4.81. The first-order chi connectivity index (χ1) is 9.56. The second-order valence-electron chi connectivity index (χ2n) is 4.33. The van der Waals surface area contributed by atoms with Crippen LogP contribution in [0.3, 0.4) is 0 Å². The van der Waals surface area contributed by atoms with E-state index in [9.17, 15) is 9.90 Å². The van der Waals surface area contributed by atoms with Gasteiger partial charge in [0.15, 0.2) is 0 Å². The minimum absolute atomic E-state index is 0.0758. The Hall–Kier alpha value is -1.79. The summed E-state index contributed by atoms with van der Waals surface area (Å²) >= 11 is 3.35. The van der Waals surface area contributed by atoms with Gasteiger partial charge in [-0.15, -0.1) is 0 Å². The SMILES string of the molecule is Cc1ccc(Br)cc1NC(=O)NCC(O)c1ccco1. The number of nitrogens with one attached hydrogen (secondary N) is 2. The number of furan rings is 1. The number of anilines is 1. The molecular weight excluding hydrogens is 324 g/mol. The highest BCUT2D eigenvalue weighted by molar-refractivity contribution is 9.10. The van der Waals surface area contributed by atoms with Gasteiger partial charge in [-0.3, -0.25) is 0 Å². The zero-order valence-electron chi connectivity index (χ0n) is 10.9. The fourth-order valence-corrected chi connectivity index (χ4v) is 2.03. The molecular formula is C14H15BrN2O3. The summed E-state index contributed by atoms with van der Waals surface area (Å²) in [6, 6.07) is 8.58. The van der Waals surface area contributed by atoms with Gasteiger partial charge in [0, 0.05) is 10.2 Å². The van der Waals surface area contributed by atoms with Gasteiger partial charge in [0.2, 0.25) is 0 Å². The molecule has 1 atom stereocenters. The molecule has 106 valence electrons. The van der Waals surface area contributed by atoms with Crippen LogP contribution in [0, 0.1) is 6.92 Å². The van der Waals surface area contributed by atoms with Gasteiger partial charge in [-0.05, 0) is 36.8 Å². The Morgan fingerprint density at radius 2 is 2.25 bits per heavy atom. The van der Waals surface area contributed by atoms with Crippen molar-refractivity contribution in [3.63, 3.8) is 0 Å². The number of benzene rings is 1. The van der Waals surface area contributed by atoms with Crippen LogP contribution in [0.15, 0.2) is 45.5 Å². The van der Waals surface area contributed by atoms with Crippen LogP contribution < -0.4 is 10.6 Å². The van der Waals surface area contributed by atoms with Crippen molar-refractivity contribution >= 4 is 27.6 Å². The van der Waals surface area contributed by atoms with E-state index in [2.05, 4.69) is 26.6 Å². The molecule has 0 saturated heterocycles. The second-order valence-corrected chi connectivity index (χ2v) is 5.24. The number of hydrogen-bond donors (Lipinski definition) is 3. The predicted octanol–water partition coefficient (Wildman–Crippen LogP) is 3.21. The maximum atomic E-state index is 11.8. The molecule has 2 amide bonds. The third-order valence-electron chi connectivity index (χ3n) is 2.78. The zero-order valence-corrected chi connectivity index (χ0v) is 12.5. The molecule has 0 radical (unpaired) electrons. The lowest BCUT2D eigenvalue weighted by Crippen LogP contribution is -2.32. The summed E-state index contributed by atoms with van der Waals surface area (Å²) in [4.78, 5) is 11.8. The number of carbonyl (C=O) groups excluding carboxylic acids is 1. The Bertz CT molecular complexity index is 584. The van der Waals surface area contributed by atoms with Gasteiger partial charge in [-0.25, -0.2) is 4.79 Å². The van der Waals surface area contributed by atoms with Crippen molar-refractivity contribution in [2.24, 2.45) is 0 Å². The first kappa shape index (κ1) is 14.6. The number of halogens is 1. The van der Waals surface area contributed by atoms with Crippen LogP contribution in [0.1, 0.15) is 17.4 Å². The van der Waals surface area contributed by atoms with Crippen LogP contribution in [-0.2, 0) is 0 Å². The molecule has 1 unspecified atom stereocenters. The highest BCUT2D eigenvalue weighted by Crippen LogP contribution is 2.20. The summed E-state index contributed by atoms with van der Waals surface area (Å²) in [5.74, 6) is 0.420. The van der Waals surface area contributed by atoms with Gasteiger partial charge in [-0.1, -0.05) is 22.0 Å². The predicted molar refractivity (Wildman–Crippen MR) is 79.6 cm³/mol. The first-order valence-electron chi connectivity index (χ1n) is 6.08. The molecule has 5 nitrogen and oxygen atoms in total. The summed E-state index contributed by atoms with van der Waals surface area (Å²) in [6.07, 6.45) is 0.614. The van der Waals surface area contributed by atoms with Crippen LogP contribution in [0.5, 0.6) is 0 Å². The Morgan fingerprint density at radius 3 is 2.95 bits per heavy atom. The lowest BCUT2D eigenvalue weighted by atomic mass is 10.2. The Morgan fingerprint density at radius 1 is 1.45 bits per heavy atom. The Balaban J connectivity index is 1.88. The van der Waals surface area contributed by atoms with Gasteiger partial charge in [0.1, 0.15) is 11.9 Å². The van der Waals surface area contributed by atoms with E-state index < -0.39 is 6.10 Å². The molecule has 1 aromatic heterocycles. The van der Waals surface area contributed by atoms with Crippen molar-refractivity contribution in [2.75, 3.05) is 11.9 Å². The number of rotatable bonds is 4. The zero-order chi connectivity index (χ0) is 14.5. The molecule has 1 aromatic carbocycles. The third kappa shape index (κ3) is 3.85. The highest BCUT2D eigenvalue weighted by Gasteiger charge is 2.12. The quantitative estimate of drug-likeness (QED) is 0.801. The van der Waals surface area contributed by atoms with Crippen molar-refractivity contribution in [2.45, 2.75) is 13.0 Å². The normalized spacial score (nSPS) is 11.9. The van der Waals surface area contributed by atoms with Crippen LogP contribution >= 0.6 is 15.9 Å². The fraction of sp³-hybridized carbons (Fsp3) is 0.214. The first-order valence-corrected chi connectivity index (χ1v) is 6.88. The molecule has 6 heteroatoms. The van der Waals surface area contributed by atoms with Gasteiger partial charge in [0.05, 0.1) is 12.8 Å². The molecule has 0 spiro atoms. The maximum Gasteiger partial charge on any atom is 0.319 e. The van der Waals surface area contributed by atoms with E-state index >= 15 is 0 Å². The summed E-state index contributed by atoms with van der Waals surface area (Å²) in [7, 11) is 0. The second kappa shape index (κ2) is 6.58. The van der Waals surface area contributed by atoms with Crippen molar-refractivity contribution < 1.29 is 14.3 Å². The molecule has 1 heterocycles. The highest BCUT2D eigenvalue weighted by atomic mass is 79.9. The van der Waals surface area contributed by atoms with Crippen LogP contribution in [-0.4, -0.2) is 17.7 Å². The topological polar surface area (TPSA) is 74.5 Å². The summed E-state index contributed by atoms with van der Waals surface area (Å²) < 4.78 is 5.94. The molecule has 0 aliphatic carbocycles. The fourth-order valence-electron chi connectivity index (χ4n) is 1.67. The van der Waals surface area contributed by atoms with Gasteiger partial charge in [0.25, 0.3) is 0 Å². The molecule has 2 rings (SSSR count). The third-order valence-corrected chi connectivity index (χ3v) is 3.27. The molecule has 0 bridgehead atoms. The van der Waals surface area contributed by atoms with Crippen molar-refractivity contribution in [1.82, 2.24) is 5.32 Å². The smallest absolute Gasteiger partial charge is 0.319 e. The van der Waals surface area contributed by atoms with E-state index in [1.165, 1.54) is 6.26 Å². The minimum Gasteiger partial charge on any atom is -0.467 e. The maximum absolute atomic E-state index is 11.8. The average Bonchev–Trinajstić information content (AvgIpc) is 2.94. The van der Waals surface area contributed by atoms with E-state index in [0.717, 1.165) is 10.0 Å². The molecule has 0 aliphatic rings. The average molecular weight is 339 g/mol. The van der Waals surface area contributed by atoms with Crippen molar-refractivity contribution in [3.05, 3.63) is 52.4 Å². The summed E-state index contributed by atoms with van der Waals surface area (Å²) in [5, 5.41) is 15.1. The van der Waals surface area contributed by atoms with Crippen LogP contribution in [0.4, 0.5) is 10.5 Å². The minimum atomic E-state index is -0.862. The lowest BCUT2D eigenvalue weighted by molar-refractivity contribution is 0.149. The van der Waals surface area contributed by atoms with Crippen molar-refractivity contribution in [1.29, 1.82) is 0 Å². The largest absolute Gasteiger partial charge is 0.467 e. The van der Waals surface area contributed by atoms with Gasteiger partial charge in [-0.2, -0.15) is 0 Å². The van der Waals surface area contributed by atoms with E-state index in [1.54, 1.807) is 12.1 Å². The van der Waals surface area contributed by atoms with E-state index in [0.29, 0.717) is 11.4 Å². The molecule has 0 saturated carbocycles. The molecule has 20 heavy (non-hydrogen) atoms. The summed E-state index contributed by atoms with van der Waals surface area (Å²) in [5.41, 5.74) is 1.67. The van der Waals surface area contributed by atoms with Crippen LogP contribution in [0.2, 0.25) is 0 Å². The van der Waals surface area contributed by atoms with Gasteiger partial charge < -0.3 is 20.2 Å². The monoisotopic (exact) mass is 338 g/mol. The lowest BCUT2D eigenvalue weighted by Gasteiger charge is -2.12.